The van der Waals surface area contributed by atoms with Gasteiger partial charge in [-0.25, -0.2) is 0 Å². The minimum absolute atomic E-state index is 0.490. The Bertz CT molecular complexity index is 443. The van der Waals surface area contributed by atoms with Gasteiger partial charge in [0.1, 0.15) is 0 Å². The van der Waals surface area contributed by atoms with Crippen LogP contribution in [0.15, 0.2) is 18.2 Å². The molecule has 1 fully saturated rings. The molecule has 1 aromatic carbocycles. The first kappa shape index (κ1) is 15.7. The molecule has 1 atom stereocenters. The molecule has 2 nitrogen and oxygen atoms in total. The number of halogens is 1. The van der Waals surface area contributed by atoms with E-state index >= 15 is 0 Å². The zero-order chi connectivity index (χ0) is 14.7. The van der Waals surface area contributed by atoms with Gasteiger partial charge in [0.05, 0.1) is 10.7 Å². The highest BCUT2D eigenvalue weighted by atomic mass is 35.5. The standard InChI is InChI=1S/C17H27ClN2/c1-12(2)15-8-9-20(11-15)17-14(10-19-13(3)4)6-5-7-16(17)18/h5-7,12-13,15,19H,8-11H2,1-4H3. The fourth-order valence-corrected chi connectivity index (χ4v) is 3.22. The average Bonchev–Trinajstić information content (AvgIpc) is 2.85. The van der Waals surface area contributed by atoms with Crippen LogP contribution in [-0.4, -0.2) is 19.1 Å². The van der Waals surface area contributed by atoms with Gasteiger partial charge < -0.3 is 10.2 Å². The molecule has 1 unspecified atom stereocenters. The van der Waals surface area contributed by atoms with Crippen molar-refractivity contribution in [3.63, 3.8) is 0 Å². The third-order valence-electron chi connectivity index (χ3n) is 4.25. The molecule has 1 N–H and O–H groups in total. The summed E-state index contributed by atoms with van der Waals surface area (Å²) in [6.07, 6.45) is 1.28. The maximum atomic E-state index is 6.48. The van der Waals surface area contributed by atoms with Gasteiger partial charge in [-0.05, 0) is 29.9 Å². The van der Waals surface area contributed by atoms with Gasteiger partial charge in [-0.3, -0.25) is 0 Å². The highest BCUT2D eigenvalue weighted by molar-refractivity contribution is 6.33. The van der Waals surface area contributed by atoms with Gasteiger partial charge in [-0.2, -0.15) is 0 Å². The Morgan fingerprint density at radius 1 is 1.30 bits per heavy atom. The Kier molecular flexibility index (Phi) is 5.34. The second-order valence-electron chi connectivity index (χ2n) is 6.52. The molecule has 0 amide bonds. The summed E-state index contributed by atoms with van der Waals surface area (Å²) in [7, 11) is 0. The van der Waals surface area contributed by atoms with E-state index in [4.69, 9.17) is 11.6 Å². The summed E-state index contributed by atoms with van der Waals surface area (Å²) in [5.41, 5.74) is 2.56. The molecular formula is C17H27ClN2. The molecular weight excluding hydrogens is 268 g/mol. The highest BCUT2D eigenvalue weighted by Crippen LogP contribution is 2.35. The van der Waals surface area contributed by atoms with E-state index in [-0.39, 0.29) is 0 Å². The lowest BCUT2D eigenvalue weighted by Crippen LogP contribution is -2.26. The Labute approximate surface area is 128 Å². The van der Waals surface area contributed by atoms with Crippen molar-refractivity contribution < 1.29 is 0 Å². The largest absolute Gasteiger partial charge is 0.370 e. The van der Waals surface area contributed by atoms with E-state index in [1.165, 1.54) is 17.7 Å². The molecule has 1 saturated heterocycles. The summed E-state index contributed by atoms with van der Waals surface area (Å²) in [4.78, 5) is 2.48. The van der Waals surface area contributed by atoms with Crippen LogP contribution in [0.5, 0.6) is 0 Å². The van der Waals surface area contributed by atoms with Crippen LogP contribution in [-0.2, 0) is 6.54 Å². The predicted octanol–water partition coefficient (Wildman–Crippen LogP) is 4.32. The minimum atomic E-state index is 0.490. The number of para-hydroxylation sites is 1. The predicted molar refractivity (Wildman–Crippen MR) is 88.6 cm³/mol. The zero-order valence-electron chi connectivity index (χ0n) is 13.1. The van der Waals surface area contributed by atoms with Gasteiger partial charge in [0.25, 0.3) is 0 Å². The van der Waals surface area contributed by atoms with Crippen molar-refractivity contribution in [2.45, 2.75) is 46.7 Å². The van der Waals surface area contributed by atoms with Gasteiger partial charge in [0.2, 0.25) is 0 Å². The lowest BCUT2D eigenvalue weighted by molar-refractivity contribution is 0.422. The molecule has 0 saturated carbocycles. The number of nitrogens with zero attached hydrogens (tertiary/aromatic N) is 1. The Morgan fingerprint density at radius 3 is 2.65 bits per heavy atom. The van der Waals surface area contributed by atoms with E-state index in [9.17, 15) is 0 Å². The number of nitrogens with one attached hydrogen (secondary N) is 1. The van der Waals surface area contributed by atoms with Crippen molar-refractivity contribution >= 4 is 17.3 Å². The van der Waals surface area contributed by atoms with Gasteiger partial charge >= 0.3 is 0 Å². The first-order chi connectivity index (χ1) is 9.49. The number of hydrogen-bond acceptors (Lipinski definition) is 2. The Hall–Kier alpha value is -0.730. The fraction of sp³-hybridized carbons (Fsp3) is 0.647. The highest BCUT2D eigenvalue weighted by Gasteiger charge is 2.27. The molecule has 2 rings (SSSR count). The monoisotopic (exact) mass is 294 g/mol. The molecule has 0 spiro atoms. The lowest BCUT2D eigenvalue weighted by Gasteiger charge is -2.25. The Balaban J connectivity index is 2.18. The number of rotatable bonds is 5. The second-order valence-corrected chi connectivity index (χ2v) is 6.93. The molecule has 0 bridgehead atoms. The van der Waals surface area contributed by atoms with Crippen molar-refractivity contribution in [3.05, 3.63) is 28.8 Å². The molecule has 0 aliphatic carbocycles. The molecule has 112 valence electrons. The van der Waals surface area contributed by atoms with Crippen LogP contribution in [0.25, 0.3) is 0 Å². The summed E-state index contributed by atoms with van der Waals surface area (Å²) in [5, 5.41) is 4.39. The zero-order valence-corrected chi connectivity index (χ0v) is 13.9. The second kappa shape index (κ2) is 6.82. The minimum Gasteiger partial charge on any atom is -0.370 e. The van der Waals surface area contributed by atoms with Crippen molar-refractivity contribution in [1.82, 2.24) is 5.32 Å². The topological polar surface area (TPSA) is 15.3 Å². The number of hydrogen-bond donors (Lipinski definition) is 1. The van der Waals surface area contributed by atoms with Gasteiger partial charge in [-0.15, -0.1) is 0 Å². The molecule has 3 heteroatoms. The van der Waals surface area contributed by atoms with Crippen molar-refractivity contribution in [1.29, 1.82) is 0 Å². The quantitative estimate of drug-likeness (QED) is 0.870. The van der Waals surface area contributed by atoms with Crippen LogP contribution >= 0.6 is 11.6 Å². The molecule has 1 aliphatic rings. The van der Waals surface area contributed by atoms with Crippen LogP contribution in [0.1, 0.15) is 39.7 Å². The van der Waals surface area contributed by atoms with E-state index in [1.54, 1.807) is 0 Å². The summed E-state index contributed by atoms with van der Waals surface area (Å²) in [6.45, 7) is 12.1. The molecule has 1 aromatic rings. The molecule has 1 aliphatic heterocycles. The SMILES string of the molecule is CC(C)NCc1cccc(Cl)c1N1CCC(C(C)C)C1. The average molecular weight is 295 g/mol. The van der Waals surface area contributed by atoms with E-state index in [0.29, 0.717) is 6.04 Å². The van der Waals surface area contributed by atoms with E-state index in [1.807, 2.05) is 6.07 Å². The molecule has 0 radical (unpaired) electrons. The Morgan fingerprint density at radius 2 is 2.05 bits per heavy atom. The maximum Gasteiger partial charge on any atom is 0.0642 e. The lowest BCUT2D eigenvalue weighted by atomic mass is 9.95. The summed E-state index contributed by atoms with van der Waals surface area (Å²) in [5.74, 6) is 1.54. The first-order valence-corrected chi connectivity index (χ1v) is 8.12. The van der Waals surface area contributed by atoms with Gasteiger partial charge in [0, 0.05) is 25.7 Å². The van der Waals surface area contributed by atoms with Crippen LogP contribution in [0.4, 0.5) is 5.69 Å². The molecule has 20 heavy (non-hydrogen) atoms. The van der Waals surface area contributed by atoms with Gasteiger partial charge in [-0.1, -0.05) is 51.4 Å². The number of benzene rings is 1. The normalized spacial score (nSPS) is 19.4. The summed E-state index contributed by atoms with van der Waals surface area (Å²) in [6, 6.07) is 6.75. The van der Waals surface area contributed by atoms with Crippen molar-refractivity contribution in [2.24, 2.45) is 11.8 Å². The third kappa shape index (κ3) is 3.67. The van der Waals surface area contributed by atoms with Crippen molar-refractivity contribution in [2.75, 3.05) is 18.0 Å². The molecule has 1 heterocycles. The van der Waals surface area contributed by atoms with Crippen LogP contribution < -0.4 is 10.2 Å². The van der Waals surface area contributed by atoms with E-state index in [0.717, 1.165) is 36.5 Å². The van der Waals surface area contributed by atoms with Gasteiger partial charge in [0.15, 0.2) is 0 Å². The fourth-order valence-electron chi connectivity index (χ4n) is 2.91. The van der Waals surface area contributed by atoms with Crippen molar-refractivity contribution in [3.8, 4) is 0 Å². The number of anilines is 1. The van der Waals surface area contributed by atoms with Crippen LogP contribution in [0.3, 0.4) is 0 Å². The summed E-state index contributed by atoms with van der Waals surface area (Å²) < 4.78 is 0. The maximum absolute atomic E-state index is 6.48. The van der Waals surface area contributed by atoms with E-state index < -0.39 is 0 Å². The molecule has 0 aromatic heterocycles. The first-order valence-electron chi connectivity index (χ1n) is 7.74. The van der Waals surface area contributed by atoms with Crippen LogP contribution in [0, 0.1) is 11.8 Å². The summed E-state index contributed by atoms with van der Waals surface area (Å²) >= 11 is 6.48. The third-order valence-corrected chi connectivity index (χ3v) is 4.56. The van der Waals surface area contributed by atoms with E-state index in [2.05, 4.69) is 50.0 Å². The van der Waals surface area contributed by atoms with Crippen LogP contribution in [0.2, 0.25) is 5.02 Å². The smallest absolute Gasteiger partial charge is 0.0642 e.